The Morgan fingerprint density at radius 1 is 1.00 bits per heavy atom. The number of nitrogens with zero attached hydrogens (tertiary/aromatic N) is 4. The summed E-state index contributed by atoms with van der Waals surface area (Å²) in [4.78, 5) is 26.1. The Morgan fingerprint density at radius 3 is 2.50 bits per heavy atom. The zero-order valence-corrected chi connectivity index (χ0v) is 20.3. The fourth-order valence-electron chi connectivity index (χ4n) is 4.75. The molecule has 9 nitrogen and oxygen atoms in total. The number of hydrogen-bond donors (Lipinski definition) is 3. The summed E-state index contributed by atoms with van der Waals surface area (Å²) < 4.78 is 5.43. The standard InChI is InChI=1S/C27H32N6O3/c34-17-14-33-13-1-2-25(33)26(35)29-21-5-3-20(4-6-21)24-11-12-28-27(31-24)30-22-7-9-23(10-8-22)32-15-18-36-19-16-32/h3-12,25,34H,1-2,13-19H2,(H,29,35)(H,28,30,31)/t25-/m0/s1. The molecule has 3 N–H and O–H groups in total. The van der Waals surface area contributed by atoms with Crippen LogP contribution in [0, 0.1) is 0 Å². The van der Waals surface area contributed by atoms with E-state index in [4.69, 9.17) is 4.74 Å². The number of aliphatic hydroxyl groups is 1. The Labute approximate surface area is 211 Å². The third-order valence-electron chi connectivity index (χ3n) is 6.66. The van der Waals surface area contributed by atoms with Crippen molar-refractivity contribution in [1.29, 1.82) is 0 Å². The molecule has 0 spiro atoms. The number of likely N-dealkylation sites (tertiary alicyclic amines) is 1. The van der Waals surface area contributed by atoms with Crippen molar-refractivity contribution in [1.82, 2.24) is 14.9 Å². The average molecular weight is 489 g/mol. The average Bonchev–Trinajstić information content (AvgIpc) is 3.39. The van der Waals surface area contributed by atoms with Gasteiger partial charge in [0.25, 0.3) is 0 Å². The van der Waals surface area contributed by atoms with Crippen LogP contribution in [0.1, 0.15) is 12.8 Å². The fraction of sp³-hybridized carbons (Fsp3) is 0.370. The Balaban J connectivity index is 1.21. The van der Waals surface area contributed by atoms with Gasteiger partial charge >= 0.3 is 0 Å². The number of aromatic nitrogens is 2. The number of ether oxygens (including phenoxy) is 1. The predicted molar refractivity (Wildman–Crippen MR) is 141 cm³/mol. The molecule has 2 aromatic carbocycles. The molecule has 0 bridgehead atoms. The second kappa shape index (κ2) is 11.5. The summed E-state index contributed by atoms with van der Waals surface area (Å²) in [5, 5.41) is 15.5. The Bertz CT molecular complexity index is 1150. The summed E-state index contributed by atoms with van der Waals surface area (Å²) in [7, 11) is 0. The van der Waals surface area contributed by atoms with E-state index < -0.39 is 0 Å². The largest absolute Gasteiger partial charge is 0.395 e. The highest BCUT2D eigenvalue weighted by Crippen LogP contribution is 2.24. The maximum Gasteiger partial charge on any atom is 0.241 e. The van der Waals surface area contributed by atoms with E-state index in [1.807, 2.05) is 47.4 Å². The molecule has 1 amide bonds. The third-order valence-corrected chi connectivity index (χ3v) is 6.66. The van der Waals surface area contributed by atoms with Gasteiger partial charge in [0.1, 0.15) is 0 Å². The van der Waals surface area contributed by atoms with Gasteiger partial charge in [-0.2, -0.15) is 0 Å². The molecular formula is C27H32N6O3. The summed E-state index contributed by atoms with van der Waals surface area (Å²) in [6.07, 6.45) is 3.52. The summed E-state index contributed by atoms with van der Waals surface area (Å²) in [5.74, 6) is 0.496. The molecule has 2 aliphatic rings. The van der Waals surface area contributed by atoms with Crippen LogP contribution >= 0.6 is 0 Å². The van der Waals surface area contributed by atoms with Crippen molar-refractivity contribution >= 4 is 28.9 Å². The van der Waals surface area contributed by atoms with E-state index in [1.165, 1.54) is 5.69 Å². The number of anilines is 4. The minimum Gasteiger partial charge on any atom is -0.395 e. The first-order valence-electron chi connectivity index (χ1n) is 12.5. The molecule has 0 aliphatic carbocycles. The first-order chi connectivity index (χ1) is 17.7. The van der Waals surface area contributed by atoms with Crippen molar-refractivity contribution in [3.8, 4) is 11.3 Å². The number of benzene rings is 2. The number of aliphatic hydroxyl groups excluding tert-OH is 1. The van der Waals surface area contributed by atoms with Gasteiger partial charge < -0.3 is 25.4 Å². The van der Waals surface area contributed by atoms with E-state index in [9.17, 15) is 9.90 Å². The van der Waals surface area contributed by atoms with Crippen LogP contribution in [0.5, 0.6) is 0 Å². The summed E-state index contributed by atoms with van der Waals surface area (Å²) in [6, 6.07) is 17.6. The van der Waals surface area contributed by atoms with Gasteiger partial charge in [-0.25, -0.2) is 9.97 Å². The van der Waals surface area contributed by atoms with Crippen LogP contribution < -0.4 is 15.5 Å². The van der Waals surface area contributed by atoms with E-state index in [0.717, 1.165) is 68.3 Å². The van der Waals surface area contributed by atoms with E-state index in [2.05, 4.69) is 37.6 Å². The molecule has 3 aromatic rings. The van der Waals surface area contributed by atoms with Gasteiger partial charge in [-0.1, -0.05) is 12.1 Å². The number of carbonyl (C=O) groups is 1. The number of rotatable bonds is 8. The molecule has 36 heavy (non-hydrogen) atoms. The van der Waals surface area contributed by atoms with Crippen LogP contribution in [-0.4, -0.2) is 77.9 Å². The van der Waals surface area contributed by atoms with E-state index in [1.54, 1.807) is 6.20 Å². The molecule has 0 radical (unpaired) electrons. The van der Waals surface area contributed by atoms with Gasteiger partial charge in [-0.15, -0.1) is 0 Å². The second-order valence-corrected chi connectivity index (χ2v) is 9.02. The quantitative estimate of drug-likeness (QED) is 0.445. The van der Waals surface area contributed by atoms with Crippen molar-refractivity contribution in [2.45, 2.75) is 18.9 Å². The van der Waals surface area contributed by atoms with Crippen LogP contribution in [0.4, 0.5) is 23.0 Å². The smallest absolute Gasteiger partial charge is 0.241 e. The first-order valence-corrected chi connectivity index (χ1v) is 12.5. The number of morpholine rings is 1. The normalized spacial score (nSPS) is 18.2. The minimum atomic E-state index is -0.185. The van der Waals surface area contributed by atoms with Crippen LogP contribution in [0.3, 0.4) is 0 Å². The zero-order chi connectivity index (χ0) is 24.7. The molecule has 5 rings (SSSR count). The number of hydrogen-bond acceptors (Lipinski definition) is 8. The van der Waals surface area contributed by atoms with Crippen molar-refractivity contribution < 1.29 is 14.6 Å². The van der Waals surface area contributed by atoms with E-state index >= 15 is 0 Å². The molecule has 0 unspecified atom stereocenters. The van der Waals surface area contributed by atoms with Crippen LogP contribution in [0.15, 0.2) is 60.8 Å². The first kappa shape index (κ1) is 24.2. The second-order valence-electron chi connectivity index (χ2n) is 9.02. The zero-order valence-electron chi connectivity index (χ0n) is 20.3. The summed E-state index contributed by atoms with van der Waals surface area (Å²) in [6.45, 7) is 4.77. The highest BCUT2D eigenvalue weighted by atomic mass is 16.5. The van der Waals surface area contributed by atoms with Crippen molar-refractivity contribution in [3.63, 3.8) is 0 Å². The lowest BCUT2D eigenvalue weighted by Gasteiger charge is -2.28. The molecule has 1 atom stereocenters. The molecular weight excluding hydrogens is 456 g/mol. The highest BCUT2D eigenvalue weighted by molar-refractivity contribution is 5.95. The minimum absolute atomic E-state index is 0.0261. The Hall–Kier alpha value is -3.53. The lowest BCUT2D eigenvalue weighted by molar-refractivity contribution is -0.120. The van der Waals surface area contributed by atoms with Gasteiger partial charge in [0.2, 0.25) is 11.9 Å². The van der Waals surface area contributed by atoms with Gasteiger partial charge in [-0.05, 0) is 61.9 Å². The summed E-state index contributed by atoms with van der Waals surface area (Å²) in [5.41, 5.74) is 4.57. The molecule has 2 saturated heterocycles. The van der Waals surface area contributed by atoms with Gasteiger partial charge in [0.15, 0.2) is 0 Å². The van der Waals surface area contributed by atoms with Crippen LogP contribution in [-0.2, 0) is 9.53 Å². The van der Waals surface area contributed by atoms with Gasteiger partial charge in [0.05, 0.1) is 31.6 Å². The van der Waals surface area contributed by atoms with Gasteiger partial charge in [-0.3, -0.25) is 9.69 Å². The number of nitrogens with one attached hydrogen (secondary N) is 2. The van der Waals surface area contributed by atoms with Crippen LogP contribution in [0.2, 0.25) is 0 Å². The predicted octanol–water partition coefficient (Wildman–Crippen LogP) is 3.12. The SMILES string of the molecule is O=C(Nc1ccc(-c2ccnc(Nc3ccc(N4CCOCC4)cc3)n2)cc1)[C@@H]1CCCN1CCO. The summed E-state index contributed by atoms with van der Waals surface area (Å²) >= 11 is 0. The Kier molecular flexibility index (Phi) is 7.70. The molecule has 2 aliphatic heterocycles. The number of amides is 1. The Morgan fingerprint density at radius 2 is 1.75 bits per heavy atom. The van der Waals surface area contributed by atoms with Crippen LogP contribution in [0.25, 0.3) is 11.3 Å². The van der Waals surface area contributed by atoms with Crippen molar-refractivity contribution in [3.05, 3.63) is 60.8 Å². The molecule has 188 valence electrons. The molecule has 0 saturated carbocycles. The molecule has 2 fully saturated rings. The number of carbonyl (C=O) groups excluding carboxylic acids is 1. The van der Waals surface area contributed by atoms with Gasteiger partial charge in [0, 0.05) is 48.5 Å². The fourth-order valence-corrected chi connectivity index (χ4v) is 4.75. The van der Waals surface area contributed by atoms with E-state index in [-0.39, 0.29) is 18.6 Å². The van der Waals surface area contributed by atoms with E-state index in [0.29, 0.717) is 12.5 Å². The van der Waals surface area contributed by atoms with Crippen molar-refractivity contribution in [2.24, 2.45) is 0 Å². The maximum atomic E-state index is 12.7. The highest BCUT2D eigenvalue weighted by Gasteiger charge is 2.30. The topological polar surface area (TPSA) is 103 Å². The molecule has 1 aromatic heterocycles. The maximum absolute atomic E-state index is 12.7. The number of β-amino-alcohol motifs (C(OH)–C–C–N with tert-alkyl or cyclic N) is 1. The third kappa shape index (κ3) is 5.81. The molecule has 9 heteroatoms. The molecule has 3 heterocycles. The lowest BCUT2D eigenvalue weighted by Crippen LogP contribution is -2.40. The lowest BCUT2D eigenvalue weighted by atomic mass is 10.1. The van der Waals surface area contributed by atoms with Crippen molar-refractivity contribution in [2.75, 3.05) is 61.5 Å². The monoisotopic (exact) mass is 488 g/mol.